The lowest BCUT2D eigenvalue weighted by Crippen LogP contribution is -2.49. The van der Waals surface area contributed by atoms with E-state index in [0.29, 0.717) is 25.6 Å². The predicted octanol–water partition coefficient (Wildman–Crippen LogP) is 1.44. The number of hydrogen-bond acceptors (Lipinski definition) is 6. The fourth-order valence-electron chi connectivity index (χ4n) is 3.09. The molecule has 0 saturated carbocycles. The molecule has 0 aliphatic carbocycles. The highest BCUT2D eigenvalue weighted by Crippen LogP contribution is 2.20. The first-order chi connectivity index (χ1) is 13.5. The molecule has 8 nitrogen and oxygen atoms in total. The molecule has 0 atom stereocenters. The smallest absolute Gasteiger partial charge is 0.246 e. The van der Waals surface area contributed by atoms with Crippen molar-refractivity contribution in [2.75, 3.05) is 26.2 Å². The fraction of sp³-hybridized carbons (Fsp3) is 0.278. The van der Waals surface area contributed by atoms with Crippen molar-refractivity contribution in [2.45, 2.75) is 11.6 Å². The minimum absolute atomic E-state index is 0.275. The molecular formula is C18H19FN6O2S. The number of hydrogen-bond donors (Lipinski definition) is 0. The second kappa shape index (κ2) is 7.74. The van der Waals surface area contributed by atoms with E-state index in [1.165, 1.54) is 27.3 Å². The zero-order chi connectivity index (χ0) is 19.6. The van der Waals surface area contributed by atoms with Gasteiger partial charge < -0.3 is 0 Å². The Balaban J connectivity index is 1.39. The molecule has 4 rings (SSSR count). The van der Waals surface area contributed by atoms with Gasteiger partial charge in [-0.3, -0.25) is 4.90 Å². The normalized spacial score (nSPS) is 16.3. The van der Waals surface area contributed by atoms with Gasteiger partial charge in [0.2, 0.25) is 15.8 Å². The van der Waals surface area contributed by atoms with Crippen molar-refractivity contribution in [2.24, 2.45) is 0 Å². The molecule has 3 aromatic rings. The average molecular weight is 402 g/mol. The third-order valence-electron chi connectivity index (χ3n) is 4.60. The minimum Gasteiger partial charge on any atom is -0.280 e. The number of tetrazole rings is 1. The van der Waals surface area contributed by atoms with Crippen molar-refractivity contribution < 1.29 is 12.8 Å². The number of piperazine rings is 1. The van der Waals surface area contributed by atoms with Gasteiger partial charge in [-0.1, -0.05) is 42.5 Å². The first-order valence-electron chi connectivity index (χ1n) is 8.84. The number of aromatic nitrogens is 4. The van der Waals surface area contributed by atoms with Crippen molar-refractivity contribution in [1.82, 2.24) is 29.4 Å². The van der Waals surface area contributed by atoms with Gasteiger partial charge in [0.1, 0.15) is 17.4 Å². The van der Waals surface area contributed by atoms with Crippen molar-refractivity contribution in [3.8, 4) is 11.4 Å². The summed E-state index contributed by atoms with van der Waals surface area (Å²) < 4.78 is 40.5. The molecule has 28 heavy (non-hydrogen) atoms. The number of halogens is 1. The third-order valence-corrected chi connectivity index (χ3v) is 6.53. The van der Waals surface area contributed by atoms with Crippen LogP contribution in [0.5, 0.6) is 0 Å². The lowest BCUT2D eigenvalue weighted by Gasteiger charge is -2.33. The first-order valence-corrected chi connectivity index (χ1v) is 10.3. The summed E-state index contributed by atoms with van der Waals surface area (Å²) in [5.74, 6) is -0.188. The fourth-order valence-corrected chi connectivity index (χ4v) is 4.58. The van der Waals surface area contributed by atoms with Crippen molar-refractivity contribution >= 4 is 10.0 Å². The van der Waals surface area contributed by atoms with Crippen LogP contribution in [0.15, 0.2) is 59.5 Å². The highest BCUT2D eigenvalue weighted by Gasteiger charge is 2.30. The molecule has 1 saturated heterocycles. The summed E-state index contributed by atoms with van der Waals surface area (Å²) in [5, 5.41) is 12.5. The maximum atomic E-state index is 13.9. The third kappa shape index (κ3) is 3.79. The summed E-state index contributed by atoms with van der Waals surface area (Å²) in [7, 11) is -3.84. The van der Waals surface area contributed by atoms with Gasteiger partial charge in [-0.25, -0.2) is 12.8 Å². The maximum absolute atomic E-state index is 13.9. The molecule has 0 spiro atoms. The molecule has 0 N–H and O–H groups in total. The van der Waals surface area contributed by atoms with Crippen molar-refractivity contribution in [1.29, 1.82) is 0 Å². The molecule has 1 aromatic heterocycles. The monoisotopic (exact) mass is 402 g/mol. The van der Waals surface area contributed by atoms with Gasteiger partial charge >= 0.3 is 0 Å². The summed E-state index contributed by atoms with van der Waals surface area (Å²) in [6, 6.07) is 15.0. The quantitative estimate of drug-likeness (QED) is 0.642. The molecule has 0 radical (unpaired) electrons. The zero-order valence-corrected chi connectivity index (χ0v) is 15.8. The van der Waals surface area contributed by atoms with E-state index in [9.17, 15) is 12.8 Å². The van der Waals surface area contributed by atoms with Gasteiger partial charge in [0.05, 0.1) is 0 Å². The summed E-state index contributed by atoms with van der Waals surface area (Å²) in [5.41, 5.74) is 0.884. The van der Waals surface area contributed by atoms with E-state index in [1.807, 2.05) is 35.2 Å². The first kappa shape index (κ1) is 18.7. The second-order valence-corrected chi connectivity index (χ2v) is 8.35. The summed E-state index contributed by atoms with van der Waals surface area (Å²) in [6.45, 7) is 1.95. The largest absolute Gasteiger partial charge is 0.280 e. The van der Waals surface area contributed by atoms with Crippen LogP contribution in [-0.4, -0.2) is 64.0 Å². The number of benzene rings is 2. The predicted molar refractivity (Wildman–Crippen MR) is 100.0 cm³/mol. The number of nitrogens with zero attached hydrogens (tertiary/aromatic N) is 6. The van der Waals surface area contributed by atoms with Gasteiger partial charge in [0.15, 0.2) is 0 Å². The molecule has 0 unspecified atom stereocenters. The van der Waals surface area contributed by atoms with E-state index < -0.39 is 15.8 Å². The second-order valence-electron chi connectivity index (χ2n) is 6.45. The van der Waals surface area contributed by atoms with Gasteiger partial charge in [-0.05, 0) is 17.3 Å². The van der Waals surface area contributed by atoms with Crippen LogP contribution in [0, 0.1) is 5.82 Å². The van der Waals surface area contributed by atoms with Crippen molar-refractivity contribution in [3.05, 3.63) is 60.4 Å². The Labute approximate surface area is 162 Å². The Morgan fingerprint density at radius 2 is 1.61 bits per heavy atom. The molecule has 2 aromatic carbocycles. The van der Waals surface area contributed by atoms with Crippen LogP contribution in [0.4, 0.5) is 4.39 Å². The molecule has 1 aliphatic rings. The van der Waals surface area contributed by atoms with E-state index in [0.717, 1.165) is 11.6 Å². The molecule has 1 fully saturated rings. The SMILES string of the molecule is O=S(=O)(c1ccccc1F)N1CCN(Cn2nnc(-c3ccccc3)n2)CC1. The minimum atomic E-state index is -3.84. The number of rotatable bonds is 5. The van der Waals surface area contributed by atoms with Gasteiger partial charge in [-0.2, -0.15) is 4.31 Å². The van der Waals surface area contributed by atoms with Crippen LogP contribution >= 0.6 is 0 Å². The van der Waals surface area contributed by atoms with Crippen LogP contribution in [0.25, 0.3) is 11.4 Å². The Kier molecular flexibility index (Phi) is 5.16. The molecular weight excluding hydrogens is 383 g/mol. The van der Waals surface area contributed by atoms with E-state index >= 15 is 0 Å². The Hall–Kier alpha value is -2.69. The van der Waals surface area contributed by atoms with Gasteiger partial charge in [0, 0.05) is 31.7 Å². The lowest BCUT2D eigenvalue weighted by molar-refractivity contribution is 0.136. The standard InChI is InChI=1S/C18H19FN6O2S/c19-16-8-4-5-9-17(16)28(26,27)24-12-10-23(11-13-24)14-25-21-18(20-22-25)15-6-2-1-3-7-15/h1-9H,10-14H2. The topological polar surface area (TPSA) is 84.2 Å². The summed E-state index contributed by atoms with van der Waals surface area (Å²) >= 11 is 0. The molecule has 146 valence electrons. The van der Waals surface area contributed by atoms with Gasteiger partial charge in [-0.15, -0.1) is 15.0 Å². The molecule has 2 heterocycles. The molecule has 1 aliphatic heterocycles. The van der Waals surface area contributed by atoms with Crippen LogP contribution in [-0.2, 0) is 16.7 Å². The number of sulfonamides is 1. The average Bonchev–Trinajstić information content (AvgIpc) is 3.18. The van der Waals surface area contributed by atoms with E-state index in [4.69, 9.17) is 0 Å². The molecule has 10 heteroatoms. The van der Waals surface area contributed by atoms with E-state index in [1.54, 1.807) is 0 Å². The van der Waals surface area contributed by atoms with Crippen LogP contribution < -0.4 is 0 Å². The van der Waals surface area contributed by atoms with Crippen molar-refractivity contribution in [3.63, 3.8) is 0 Å². The molecule has 0 amide bonds. The highest BCUT2D eigenvalue weighted by molar-refractivity contribution is 7.89. The zero-order valence-electron chi connectivity index (χ0n) is 15.0. The highest BCUT2D eigenvalue weighted by atomic mass is 32.2. The van der Waals surface area contributed by atoms with Crippen LogP contribution in [0.2, 0.25) is 0 Å². The van der Waals surface area contributed by atoms with E-state index in [2.05, 4.69) is 15.4 Å². The summed E-state index contributed by atoms with van der Waals surface area (Å²) in [4.78, 5) is 3.24. The Bertz CT molecular complexity index is 1050. The Morgan fingerprint density at radius 1 is 0.929 bits per heavy atom. The van der Waals surface area contributed by atoms with Crippen LogP contribution in [0.3, 0.4) is 0 Å². The lowest BCUT2D eigenvalue weighted by atomic mass is 10.2. The molecule has 0 bridgehead atoms. The van der Waals surface area contributed by atoms with E-state index in [-0.39, 0.29) is 18.0 Å². The van der Waals surface area contributed by atoms with Gasteiger partial charge in [0.25, 0.3) is 0 Å². The summed E-state index contributed by atoms with van der Waals surface area (Å²) in [6.07, 6.45) is 0. The maximum Gasteiger partial charge on any atom is 0.246 e. The Morgan fingerprint density at radius 3 is 2.32 bits per heavy atom. The van der Waals surface area contributed by atoms with Crippen LogP contribution in [0.1, 0.15) is 0 Å².